The molecule has 0 fully saturated rings. The molecule has 2 rings (SSSR count). The fourth-order valence-corrected chi connectivity index (χ4v) is 1.58. The lowest BCUT2D eigenvalue weighted by atomic mass is 10.3. The summed E-state index contributed by atoms with van der Waals surface area (Å²) in [6.45, 7) is -0.231. The molecule has 8 heteroatoms. The van der Waals surface area contributed by atoms with E-state index in [1.807, 2.05) is 0 Å². The van der Waals surface area contributed by atoms with Gasteiger partial charge < -0.3 is 10.0 Å². The Morgan fingerprint density at radius 2 is 2.10 bits per heavy atom. The Kier molecular flexibility index (Phi) is 3.74. The van der Waals surface area contributed by atoms with Gasteiger partial charge in [0.05, 0.1) is 11.9 Å². The number of carboxylic acid groups (broad SMARTS) is 1. The van der Waals surface area contributed by atoms with E-state index in [2.05, 4.69) is 10.3 Å². The van der Waals surface area contributed by atoms with Crippen molar-refractivity contribution in [2.75, 3.05) is 11.9 Å². The summed E-state index contributed by atoms with van der Waals surface area (Å²) in [6, 6.07) is 5.85. The molecule has 0 aliphatic rings. The Bertz CT molecular complexity index is 656. The molecule has 1 amide bonds. The number of carboxylic acids is 1. The lowest BCUT2D eigenvalue weighted by Gasteiger charge is -2.17. The van der Waals surface area contributed by atoms with Crippen molar-refractivity contribution in [2.45, 2.75) is 6.54 Å². The fourth-order valence-electron chi connectivity index (χ4n) is 1.58. The third kappa shape index (κ3) is 2.79. The Morgan fingerprint density at radius 3 is 2.70 bits per heavy atom. The highest BCUT2D eigenvalue weighted by Gasteiger charge is 2.16. The smallest absolute Gasteiger partial charge is 0.358 e. The maximum absolute atomic E-state index is 13.5. The molecule has 1 N–H and O–H groups in total. The Hall–Kier alpha value is -2.77. The molecule has 1 aromatic heterocycles. The number of aromatic carboxylic acids is 1. The van der Waals surface area contributed by atoms with Crippen molar-refractivity contribution >= 4 is 17.6 Å². The molecule has 0 saturated heterocycles. The highest BCUT2D eigenvalue weighted by Crippen LogP contribution is 2.17. The van der Waals surface area contributed by atoms with Crippen LogP contribution in [0.25, 0.3) is 0 Å². The number of hydrogen-bond acceptors (Lipinski definition) is 4. The summed E-state index contributed by atoms with van der Waals surface area (Å²) in [6.07, 6.45) is 1.13. The van der Waals surface area contributed by atoms with Gasteiger partial charge in [-0.15, -0.1) is 5.10 Å². The number of halogens is 1. The van der Waals surface area contributed by atoms with Gasteiger partial charge in [0.25, 0.3) is 0 Å². The maximum atomic E-state index is 13.5. The van der Waals surface area contributed by atoms with E-state index < -0.39 is 17.7 Å². The molecule has 20 heavy (non-hydrogen) atoms. The van der Waals surface area contributed by atoms with Crippen molar-refractivity contribution in [1.29, 1.82) is 0 Å². The number of para-hydroxylation sites is 1. The first-order valence-electron chi connectivity index (χ1n) is 5.63. The van der Waals surface area contributed by atoms with E-state index in [0.29, 0.717) is 0 Å². The van der Waals surface area contributed by atoms with Crippen LogP contribution in [0.4, 0.5) is 10.1 Å². The van der Waals surface area contributed by atoms with Gasteiger partial charge in [-0.05, 0) is 12.1 Å². The molecule has 0 atom stereocenters. The second-order valence-electron chi connectivity index (χ2n) is 4.01. The molecule has 1 heterocycles. The summed E-state index contributed by atoms with van der Waals surface area (Å²) < 4.78 is 14.6. The van der Waals surface area contributed by atoms with Crippen LogP contribution in [0.1, 0.15) is 10.5 Å². The van der Waals surface area contributed by atoms with Gasteiger partial charge in [0.1, 0.15) is 12.4 Å². The number of likely N-dealkylation sites (N-methyl/N-ethyl adjacent to an activating group) is 1. The highest BCUT2D eigenvalue weighted by atomic mass is 19.1. The fraction of sp³-hybridized carbons (Fsp3) is 0.167. The topological polar surface area (TPSA) is 88.3 Å². The van der Waals surface area contributed by atoms with Gasteiger partial charge in [-0.25, -0.2) is 13.9 Å². The van der Waals surface area contributed by atoms with E-state index in [-0.39, 0.29) is 17.9 Å². The number of anilines is 1. The number of rotatable bonds is 4. The molecule has 1 aromatic carbocycles. The largest absolute Gasteiger partial charge is 0.476 e. The predicted molar refractivity (Wildman–Crippen MR) is 66.8 cm³/mol. The summed E-state index contributed by atoms with van der Waals surface area (Å²) >= 11 is 0. The third-order valence-electron chi connectivity index (χ3n) is 2.64. The van der Waals surface area contributed by atoms with Gasteiger partial charge in [0.2, 0.25) is 5.91 Å². The Balaban J connectivity index is 2.11. The number of nitrogens with zero attached hydrogens (tertiary/aromatic N) is 4. The Morgan fingerprint density at radius 1 is 1.40 bits per heavy atom. The maximum Gasteiger partial charge on any atom is 0.358 e. The van der Waals surface area contributed by atoms with Crippen LogP contribution >= 0.6 is 0 Å². The number of carbonyl (C=O) groups is 2. The summed E-state index contributed by atoms with van der Waals surface area (Å²) in [5, 5.41) is 15.6. The average molecular weight is 278 g/mol. The van der Waals surface area contributed by atoms with Gasteiger partial charge in [0.15, 0.2) is 5.69 Å². The van der Waals surface area contributed by atoms with Crippen LogP contribution in [0, 0.1) is 5.82 Å². The van der Waals surface area contributed by atoms with Gasteiger partial charge in [0, 0.05) is 7.05 Å². The lowest BCUT2D eigenvalue weighted by molar-refractivity contribution is -0.119. The van der Waals surface area contributed by atoms with E-state index in [4.69, 9.17) is 5.11 Å². The first-order valence-corrected chi connectivity index (χ1v) is 5.63. The van der Waals surface area contributed by atoms with Crippen molar-refractivity contribution in [1.82, 2.24) is 15.0 Å². The van der Waals surface area contributed by atoms with Crippen molar-refractivity contribution < 1.29 is 19.1 Å². The number of amides is 1. The zero-order valence-electron chi connectivity index (χ0n) is 10.5. The van der Waals surface area contributed by atoms with Crippen molar-refractivity contribution in [3.05, 3.63) is 42.0 Å². The second-order valence-corrected chi connectivity index (χ2v) is 4.01. The van der Waals surface area contributed by atoms with Gasteiger partial charge in [-0.3, -0.25) is 4.79 Å². The van der Waals surface area contributed by atoms with Crippen LogP contribution in [-0.4, -0.2) is 39.0 Å². The van der Waals surface area contributed by atoms with Crippen LogP contribution in [0.5, 0.6) is 0 Å². The van der Waals surface area contributed by atoms with Crippen molar-refractivity contribution in [2.24, 2.45) is 0 Å². The number of benzene rings is 1. The quantitative estimate of drug-likeness (QED) is 0.892. The van der Waals surface area contributed by atoms with Crippen LogP contribution in [0.2, 0.25) is 0 Å². The molecule has 0 radical (unpaired) electrons. The summed E-state index contributed by atoms with van der Waals surface area (Å²) in [5.41, 5.74) is -0.123. The second kappa shape index (κ2) is 5.47. The zero-order valence-corrected chi connectivity index (χ0v) is 10.5. The standard InChI is InChI=1S/C12H11FN4O3/c1-16(10-5-3-2-4-8(10)13)11(18)7-17-6-9(12(19)20)14-15-17/h2-6H,7H2,1H3,(H,19,20). The van der Waals surface area contributed by atoms with Gasteiger partial charge in [-0.1, -0.05) is 17.3 Å². The molecule has 0 saturated carbocycles. The van der Waals surface area contributed by atoms with E-state index in [0.717, 1.165) is 15.8 Å². The molecule has 0 aliphatic heterocycles. The van der Waals surface area contributed by atoms with Crippen LogP contribution in [0.3, 0.4) is 0 Å². The third-order valence-corrected chi connectivity index (χ3v) is 2.64. The molecule has 2 aromatic rings. The summed E-state index contributed by atoms with van der Waals surface area (Å²) in [7, 11) is 1.43. The molecule has 0 unspecified atom stereocenters. The van der Waals surface area contributed by atoms with E-state index in [1.54, 1.807) is 6.07 Å². The van der Waals surface area contributed by atoms with E-state index in [1.165, 1.54) is 25.2 Å². The van der Waals surface area contributed by atoms with Crippen LogP contribution in [-0.2, 0) is 11.3 Å². The average Bonchev–Trinajstić information content (AvgIpc) is 2.87. The molecule has 0 bridgehead atoms. The zero-order chi connectivity index (χ0) is 14.7. The first kappa shape index (κ1) is 13.7. The monoisotopic (exact) mass is 278 g/mol. The molecule has 0 spiro atoms. The summed E-state index contributed by atoms with van der Waals surface area (Å²) in [4.78, 5) is 23.7. The number of hydrogen-bond donors (Lipinski definition) is 1. The minimum atomic E-state index is -1.23. The van der Waals surface area contributed by atoms with E-state index in [9.17, 15) is 14.0 Å². The molecular formula is C12H11FN4O3. The predicted octanol–water partition coefficient (Wildman–Crippen LogP) is 0.778. The normalized spacial score (nSPS) is 10.3. The molecule has 7 nitrogen and oxygen atoms in total. The molecule has 0 aliphatic carbocycles. The Labute approximate surface area is 113 Å². The molecular weight excluding hydrogens is 267 g/mol. The molecule has 104 valence electrons. The van der Waals surface area contributed by atoms with Crippen molar-refractivity contribution in [3.63, 3.8) is 0 Å². The minimum Gasteiger partial charge on any atom is -0.476 e. The van der Waals surface area contributed by atoms with E-state index >= 15 is 0 Å². The van der Waals surface area contributed by atoms with Crippen LogP contribution < -0.4 is 4.90 Å². The SMILES string of the molecule is CN(C(=O)Cn1cc(C(=O)O)nn1)c1ccccc1F. The lowest BCUT2D eigenvalue weighted by Crippen LogP contribution is -2.30. The van der Waals surface area contributed by atoms with Crippen molar-refractivity contribution in [3.8, 4) is 0 Å². The first-order chi connectivity index (χ1) is 9.49. The summed E-state index contributed by atoms with van der Waals surface area (Å²) in [5.74, 6) is -2.20. The number of carbonyl (C=O) groups excluding carboxylic acids is 1. The van der Waals surface area contributed by atoms with Crippen LogP contribution in [0.15, 0.2) is 30.5 Å². The minimum absolute atomic E-state index is 0.135. The van der Waals surface area contributed by atoms with Gasteiger partial charge >= 0.3 is 5.97 Å². The number of aromatic nitrogens is 3. The highest BCUT2D eigenvalue weighted by molar-refractivity contribution is 5.92. The van der Waals surface area contributed by atoms with Gasteiger partial charge in [-0.2, -0.15) is 0 Å².